The zero-order valence-corrected chi connectivity index (χ0v) is 19.8. The van der Waals surface area contributed by atoms with Crippen LogP contribution in [-0.2, 0) is 0 Å². The van der Waals surface area contributed by atoms with Crippen molar-refractivity contribution in [3.05, 3.63) is 102 Å². The summed E-state index contributed by atoms with van der Waals surface area (Å²) in [6.45, 7) is 1.54. The number of furan rings is 1. The van der Waals surface area contributed by atoms with Gasteiger partial charge < -0.3 is 18.6 Å². The van der Waals surface area contributed by atoms with Crippen LogP contribution < -0.4 is 0 Å². The Balaban J connectivity index is 1.18. The molecule has 2 aromatic heterocycles. The Labute approximate surface area is 211 Å². The first-order chi connectivity index (χ1) is 18.1. The van der Waals surface area contributed by atoms with E-state index in [-0.39, 0.29) is 23.5 Å². The Morgan fingerprint density at radius 1 is 0.757 bits per heavy atom. The Morgan fingerprint density at radius 2 is 1.41 bits per heavy atom. The Bertz CT molecular complexity index is 1580. The maximum Gasteiger partial charge on any atom is 0.289 e. The second kappa shape index (κ2) is 9.39. The molecule has 1 aliphatic rings. The minimum atomic E-state index is -0.412. The number of oxazole rings is 1. The van der Waals surface area contributed by atoms with E-state index in [1.54, 1.807) is 58.3 Å². The number of nitrogens with zero attached hydrogens (tertiary/aromatic N) is 3. The molecule has 0 aliphatic carbocycles. The Kier molecular flexibility index (Phi) is 5.76. The average Bonchev–Trinajstić information content (AvgIpc) is 3.60. The smallest absolute Gasteiger partial charge is 0.289 e. The standard InChI is InChI=1S/C29H22FN3O4/c30-23-11-5-4-10-22(23)26-18-31-27(37-26)20-8-2-3-9-21(20)28(34)32-13-15-33(16-14-32)29(35)25-17-19-7-1-6-12-24(19)36-25/h1-12,17-18H,13-16H2. The first kappa shape index (κ1) is 22.7. The van der Waals surface area contributed by atoms with Gasteiger partial charge in [0.15, 0.2) is 11.5 Å². The highest BCUT2D eigenvalue weighted by Gasteiger charge is 2.29. The summed E-state index contributed by atoms with van der Waals surface area (Å²) in [4.78, 5) is 34.2. The van der Waals surface area contributed by atoms with Crippen LogP contribution in [0.1, 0.15) is 20.9 Å². The molecule has 3 heterocycles. The number of amides is 2. The lowest BCUT2D eigenvalue weighted by molar-refractivity contribution is 0.0520. The lowest BCUT2D eigenvalue weighted by atomic mass is 10.1. The van der Waals surface area contributed by atoms with E-state index < -0.39 is 5.82 Å². The van der Waals surface area contributed by atoms with Gasteiger partial charge in [0, 0.05) is 37.1 Å². The molecule has 0 unspecified atom stereocenters. The molecule has 0 saturated carbocycles. The molecule has 37 heavy (non-hydrogen) atoms. The van der Waals surface area contributed by atoms with Gasteiger partial charge >= 0.3 is 0 Å². The fourth-order valence-corrected chi connectivity index (χ4v) is 4.57. The number of carbonyl (C=O) groups excluding carboxylic acids is 2. The average molecular weight is 496 g/mol. The van der Waals surface area contributed by atoms with Gasteiger partial charge in [0.1, 0.15) is 11.4 Å². The van der Waals surface area contributed by atoms with Gasteiger partial charge in [-0.3, -0.25) is 9.59 Å². The van der Waals surface area contributed by atoms with Gasteiger partial charge in [-0.2, -0.15) is 0 Å². The second-order valence-electron chi connectivity index (χ2n) is 8.79. The summed E-state index contributed by atoms with van der Waals surface area (Å²) in [6, 6.07) is 22.6. The molecule has 8 heteroatoms. The molecule has 1 aliphatic heterocycles. The number of rotatable bonds is 4. The molecule has 184 valence electrons. The third-order valence-corrected chi connectivity index (χ3v) is 6.52. The lowest BCUT2D eigenvalue weighted by Gasteiger charge is -2.34. The van der Waals surface area contributed by atoms with E-state index in [1.807, 2.05) is 24.3 Å². The SMILES string of the molecule is O=C(c1cc2ccccc2o1)N1CCN(C(=O)c2ccccc2-c2ncc(-c3ccccc3F)o2)CC1. The number of aromatic nitrogens is 1. The van der Waals surface area contributed by atoms with Gasteiger partial charge in [-0.05, 0) is 36.4 Å². The van der Waals surface area contributed by atoms with Gasteiger partial charge in [0.05, 0.1) is 17.3 Å². The maximum absolute atomic E-state index is 14.2. The highest BCUT2D eigenvalue weighted by molar-refractivity contribution is 6.00. The number of piperazine rings is 1. The van der Waals surface area contributed by atoms with Gasteiger partial charge in [0.25, 0.3) is 11.8 Å². The molecule has 0 radical (unpaired) electrons. The number of fused-ring (bicyclic) bond motifs is 1. The van der Waals surface area contributed by atoms with E-state index in [2.05, 4.69) is 4.98 Å². The molecular formula is C29H22FN3O4. The summed E-state index contributed by atoms with van der Waals surface area (Å²) in [5.41, 5.74) is 1.92. The third-order valence-electron chi connectivity index (χ3n) is 6.52. The minimum Gasteiger partial charge on any atom is -0.451 e. The lowest BCUT2D eigenvalue weighted by Crippen LogP contribution is -2.50. The van der Waals surface area contributed by atoms with Crippen LogP contribution in [0.2, 0.25) is 0 Å². The number of halogens is 1. The minimum absolute atomic E-state index is 0.183. The summed E-state index contributed by atoms with van der Waals surface area (Å²) in [7, 11) is 0. The molecule has 5 aromatic rings. The van der Waals surface area contributed by atoms with Crippen LogP contribution in [0.3, 0.4) is 0 Å². The normalized spacial score (nSPS) is 13.8. The van der Waals surface area contributed by atoms with E-state index in [9.17, 15) is 14.0 Å². The molecule has 0 atom stereocenters. The number of carbonyl (C=O) groups is 2. The first-order valence-electron chi connectivity index (χ1n) is 12.0. The van der Waals surface area contributed by atoms with E-state index in [1.165, 1.54) is 12.3 Å². The fourth-order valence-electron chi connectivity index (χ4n) is 4.57. The fraction of sp³-hybridized carbons (Fsp3) is 0.138. The summed E-state index contributed by atoms with van der Waals surface area (Å²) in [5.74, 6) is 0.0284. The Hall–Kier alpha value is -4.72. The molecule has 2 amide bonds. The quantitative estimate of drug-likeness (QED) is 0.329. The topological polar surface area (TPSA) is 79.8 Å². The van der Waals surface area contributed by atoms with Crippen LogP contribution in [0.15, 0.2) is 93.9 Å². The molecule has 3 aromatic carbocycles. The van der Waals surface area contributed by atoms with E-state index in [4.69, 9.17) is 8.83 Å². The van der Waals surface area contributed by atoms with Crippen molar-refractivity contribution in [2.24, 2.45) is 0 Å². The first-order valence-corrected chi connectivity index (χ1v) is 12.0. The van der Waals surface area contributed by atoms with Crippen LogP contribution in [0.4, 0.5) is 4.39 Å². The summed E-state index contributed by atoms with van der Waals surface area (Å²) >= 11 is 0. The molecule has 6 rings (SSSR count). The summed E-state index contributed by atoms with van der Waals surface area (Å²) < 4.78 is 25.8. The highest BCUT2D eigenvalue weighted by Crippen LogP contribution is 2.30. The molecule has 1 saturated heterocycles. The van der Waals surface area contributed by atoms with Crippen LogP contribution >= 0.6 is 0 Å². The largest absolute Gasteiger partial charge is 0.451 e. The van der Waals surface area contributed by atoms with Crippen molar-refractivity contribution in [1.82, 2.24) is 14.8 Å². The van der Waals surface area contributed by atoms with Gasteiger partial charge in [0.2, 0.25) is 5.89 Å². The van der Waals surface area contributed by atoms with Crippen LogP contribution in [0.5, 0.6) is 0 Å². The maximum atomic E-state index is 14.2. The number of hydrogen-bond donors (Lipinski definition) is 0. The number of benzene rings is 3. The van der Waals surface area contributed by atoms with Crippen molar-refractivity contribution in [3.8, 4) is 22.8 Å². The van der Waals surface area contributed by atoms with Crippen molar-refractivity contribution in [1.29, 1.82) is 0 Å². The van der Waals surface area contributed by atoms with Gasteiger partial charge in [-0.1, -0.05) is 42.5 Å². The molecule has 0 spiro atoms. The van der Waals surface area contributed by atoms with E-state index >= 15 is 0 Å². The Morgan fingerprint density at radius 3 is 2.16 bits per heavy atom. The van der Waals surface area contributed by atoms with Crippen molar-refractivity contribution in [2.45, 2.75) is 0 Å². The van der Waals surface area contributed by atoms with Crippen molar-refractivity contribution in [2.75, 3.05) is 26.2 Å². The molecule has 1 fully saturated rings. The van der Waals surface area contributed by atoms with Crippen LogP contribution in [0, 0.1) is 5.82 Å². The molecular weight excluding hydrogens is 473 g/mol. The highest BCUT2D eigenvalue weighted by atomic mass is 19.1. The van der Waals surface area contributed by atoms with Crippen molar-refractivity contribution >= 4 is 22.8 Å². The number of hydrogen-bond acceptors (Lipinski definition) is 5. The predicted octanol–water partition coefficient (Wildman–Crippen LogP) is 5.49. The summed E-state index contributed by atoms with van der Waals surface area (Å²) in [5, 5.41) is 0.876. The monoisotopic (exact) mass is 495 g/mol. The number of para-hydroxylation sites is 1. The van der Waals surface area contributed by atoms with Crippen LogP contribution in [-0.4, -0.2) is 52.8 Å². The zero-order chi connectivity index (χ0) is 25.4. The van der Waals surface area contributed by atoms with Crippen LogP contribution in [0.25, 0.3) is 33.7 Å². The van der Waals surface area contributed by atoms with Crippen molar-refractivity contribution < 1.29 is 22.8 Å². The second-order valence-corrected chi connectivity index (χ2v) is 8.79. The van der Waals surface area contributed by atoms with E-state index in [0.29, 0.717) is 54.2 Å². The molecule has 0 bridgehead atoms. The molecule has 0 N–H and O–H groups in total. The van der Waals surface area contributed by atoms with Gasteiger partial charge in [-0.15, -0.1) is 0 Å². The van der Waals surface area contributed by atoms with Crippen molar-refractivity contribution in [3.63, 3.8) is 0 Å². The third kappa shape index (κ3) is 4.27. The zero-order valence-electron chi connectivity index (χ0n) is 19.8. The summed E-state index contributed by atoms with van der Waals surface area (Å²) in [6.07, 6.45) is 1.46. The molecule has 7 nitrogen and oxygen atoms in total. The predicted molar refractivity (Wildman–Crippen MR) is 135 cm³/mol. The van der Waals surface area contributed by atoms with E-state index in [0.717, 1.165) is 5.39 Å². The van der Waals surface area contributed by atoms with Gasteiger partial charge in [-0.25, -0.2) is 9.37 Å².